The van der Waals surface area contributed by atoms with Gasteiger partial charge in [-0.15, -0.1) is 10.2 Å². The van der Waals surface area contributed by atoms with Crippen LogP contribution in [-0.2, 0) is 0 Å². The van der Waals surface area contributed by atoms with Gasteiger partial charge in [0.2, 0.25) is 0 Å². The molecule has 3 nitrogen and oxygen atoms in total. The van der Waals surface area contributed by atoms with E-state index in [0.717, 1.165) is 22.4 Å². The van der Waals surface area contributed by atoms with Gasteiger partial charge in [0.15, 0.2) is 11.5 Å². The van der Waals surface area contributed by atoms with Gasteiger partial charge < -0.3 is 0 Å². The fraction of sp³-hybridized carbons (Fsp3) is 0. The lowest BCUT2D eigenvalue weighted by Gasteiger charge is -2.12. The minimum absolute atomic E-state index is 0.855. The van der Waals surface area contributed by atoms with E-state index in [1.807, 2.05) is 0 Å². The summed E-state index contributed by atoms with van der Waals surface area (Å²) >= 11 is 2.32. The van der Waals surface area contributed by atoms with E-state index in [1.165, 1.54) is 30.9 Å². The normalized spacial score (nSPS) is 11.5. The second kappa shape index (κ2) is 6.92. The van der Waals surface area contributed by atoms with E-state index >= 15 is 0 Å². The van der Waals surface area contributed by atoms with Gasteiger partial charge in [-0.05, 0) is 56.4 Å². The van der Waals surface area contributed by atoms with Crippen molar-refractivity contribution in [1.29, 1.82) is 0 Å². The van der Waals surface area contributed by atoms with Crippen molar-refractivity contribution in [1.82, 2.24) is 14.6 Å². The number of aromatic nitrogens is 3. The first-order chi connectivity index (χ1) is 14.8. The minimum atomic E-state index is 0.855. The topological polar surface area (TPSA) is 30.2 Å². The number of hydrogen-bond donors (Lipinski definition) is 0. The molecule has 0 amide bonds. The monoisotopic (exact) mass is 497 g/mol. The molecule has 142 valence electrons. The Labute approximate surface area is 187 Å². The maximum atomic E-state index is 4.55. The van der Waals surface area contributed by atoms with Crippen molar-refractivity contribution >= 4 is 49.8 Å². The van der Waals surface area contributed by atoms with E-state index in [2.05, 4.69) is 134 Å². The highest BCUT2D eigenvalue weighted by molar-refractivity contribution is 14.1. The van der Waals surface area contributed by atoms with Crippen LogP contribution in [0.2, 0.25) is 0 Å². The number of hydrogen-bond acceptors (Lipinski definition) is 2. The number of nitrogens with zero attached hydrogens (tertiary/aromatic N) is 3. The quantitative estimate of drug-likeness (QED) is 0.242. The summed E-state index contributed by atoms with van der Waals surface area (Å²) in [5, 5.41) is 13.9. The summed E-state index contributed by atoms with van der Waals surface area (Å²) in [6, 6.07) is 31.9. The predicted octanol–water partition coefficient (Wildman–Crippen LogP) is 6.97. The van der Waals surface area contributed by atoms with Gasteiger partial charge in [-0.3, -0.25) is 4.40 Å². The van der Waals surface area contributed by atoms with Crippen molar-refractivity contribution in [3.8, 4) is 22.5 Å². The molecule has 0 bridgehead atoms. The van der Waals surface area contributed by atoms with E-state index in [4.69, 9.17) is 0 Å². The molecule has 4 heteroatoms. The van der Waals surface area contributed by atoms with Crippen molar-refractivity contribution < 1.29 is 0 Å². The first kappa shape index (κ1) is 17.6. The third-order valence-corrected chi connectivity index (χ3v) is 6.31. The Morgan fingerprint density at radius 3 is 2.13 bits per heavy atom. The van der Waals surface area contributed by atoms with Gasteiger partial charge in [-0.2, -0.15) is 0 Å². The Balaban J connectivity index is 1.73. The summed E-state index contributed by atoms with van der Waals surface area (Å²) < 4.78 is 3.33. The summed E-state index contributed by atoms with van der Waals surface area (Å²) in [5.41, 5.74) is 4.33. The molecule has 2 heterocycles. The highest BCUT2D eigenvalue weighted by Crippen LogP contribution is 2.36. The van der Waals surface area contributed by atoms with Crippen LogP contribution in [0.5, 0.6) is 0 Å². The Morgan fingerprint density at radius 1 is 0.600 bits per heavy atom. The lowest BCUT2D eigenvalue weighted by molar-refractivity contribution is 1.11. The maximum absolute atomic E-state index is 4.55. The summed E-state index contributed by atoms with van der Waals surface area (Å²) in [6.07, 6.45) is 2.19. The third kappa shape index (κ3) is 2.71. The fourth-order valence-corrected chi connectivity index (χ4v) is 4.54. The lowest BCUT2D eigenvalue weighted by Crippen LogP contribution is -1.94. The zero-order chi connectivity index (χ0) is 20.1. The van der Waals surface area contributed by atoms with Gasteiger partial charge in [0.25, 0.3) is 0 Å². The van der Waals surface area contributed by atoms with Crippen LogP contribution >= 0.6 is 22.6 Å². The number of pyridine rings is 1. The molecule has 0 fully saturated rings. The molecule has 0 aliphatic heterocycles. The molecule has 0 saturated carbocycles. The molecular formula is C26H16IN3. The molecule has 0 N–H and O–H groups in total. The number of benzene rings is 4. The van der Waals surface area contributed by atoms with Gasteiger partial charge >= 0.3 is 0 Å². The number of fused-ring (bicyclic) bond motifs is 4. The smallest absolute Gasteiger partial charge is 0.169 e. The van der Waals surface area contributed by atoms with Crippen molar-refractivity contribution in [2.24, 2.45) is 0 Å². The average Bonchev–Trinajstić information content (AvgIpc) is 3.23. The van der Waals surface area contributed by atoms with Gasteiger partial charge in [-0.1, -0.05) is 78.9 Å². The highest BCUT2D eigenvalue weighted by Gasteiger charge is 2.15. The maximum Gasteiger partial charge on any atom is 0.169 e. The molecular weight excluding hydrogens is 481 g/mol. The van der Waals surface area contributed by atoms with Gasteiger partial charge in [0.1, 0.15) is 0 Å². The van der Waals surface area contributed by atoms with E-state index in [9.17, 15) is 0 Å². The summed E-state index contributed by atoms with van der Waals surface area (Å²) in [7, 11) is 0. The van der Waals surface area contributed by atoms with Gasteiger partial charge in [-0.25, -0.2) is 0 Å². The second-order valence-corrected chi connectivity index (χ2v) is 8.58. The Morgan fingerprint density at radius 2 is 1.30 bits per heavy atom. The molecule has 30 heavy (non-hydrogen) atoms. The second-order valence-electron chi connectivity index (χ2n) is 7.34. The van der Waals surface area contributed by atoms with Crippen LogP contribution in [0.25, 0.3) is 49.7 Å². The zero-order valence-electron chi connectivity index (χ0n) is 16.0. The molecule has 0 spiro atoms. The standard InChI is InChI=1S/C26H16IN3/c27-19-14-12-18(13-15-19)25-28-29-26-23-10-4-3-9-22(23)24(16-30(25)26)21-11-5-7-17-6-1-2-8-20(17)21/h1-16H. The van der Waals surface area contributed by atoms with E-state index in [-0.39, 0.29) is 0 Å². The first-order valence-corrected chi connectivity index (χ1v) is 10.9. The Bertz CT molecular complexity index is 1540. The molecule has 0 saturated heterocycles. The van der Waals surface area contributed by atoms with Gasteiger partial charge in [0, 0.05) is 26.3 Å². The minimum Gasteiger partial charge on any atom is -0.281 e. The largest absolute Gasteiger partial charge is 0.281 e. The molecule has 4 aromatic carbocycles. The molecule has 6 aromatic rings. The lowest BCUT2D eigenvalue weighted by atomic mass is 9.95. The van der Waals surface area contributed by atoms with Crippen LogP contribution in [0.15, 0.2) is 97.2 Å². The van der Waals surface area contributed by atoms with E-state index in [0.29, 0.717) is 0 Å². The zero-order valence-corrected chi connectivity index (χ0v) is 18.1. The molecule has 0 atom stereocenters. The third-order valence-electron chi connectivity index (χ3n) is 5.59. The molecule has 6 rings (SSSR count). The molecule has 0 radical (unpaired) electrons. The van der Waals surface area contributed by atoms with Gasteiger partial charge in [0.05, 0.1) is 0 Å². The summed E-state index contributed by atoms with van der Waals surface area (Å²) in [6.45, 7) is 0. The van der Waals surface area contributed by atoms with E-state index < -0.39 is 0 Å². The van der Waals surface area contributed by atoms with E-state index in [1.54, 1.807) is 0 Å². The summed E-state index contributed by atoms with van der Waals surface area (Å²) in [4.78, 5) is 0. The van der Waals surface area contributed by atoms with Crippen LogP contribution in [0.1, 0.15) is 0 Å². The van der Waals surface area contributed by atoms with Crippen LogP contribution in [0.3, 0.4) is 0 Å². The van der Waals surface area contributed by atoms with Crippen molar-refractivity contribution in [3.63, 3.8) is 0 Å². The number of rotatable bonds is 2. The first-order valence-electron chi connectivity index (χ1n) is 9.80. The molecule has 2 aromatic heterocycles. The van der Waals surface area contributed by atoms with Crippen molar-refractivity contribution in [2.75, 3.05) is 0 Å². The SMILES string of the molecule is Ic1ccc(-c2nnc3c4ccccc4c(-c4cccc5ccccc45)cn23)cc1. The molecule has 0 aliphatic carbocycles. The van der Waals surface area contributed by atoms with Crippen LogP contribution in [-0.4, -0.2) is 14.6 Å². The van der Waals surface area contributed by atoms with Crippen LogP contribution in [0.4, 0.5) is 0 Å². The van der Waals surface area contributed by atoms with Crippen molar-refractivity contribution in [3.05, 3.63) is 101 Å². The van der Waals surface area contributed by atoms with Crippen LogP contribution < -0.4 is 0 Å². The highest BCUT2D eigenvalue weighted by atomic mass is 127. The average molecular weight is 497 g/mol. The molecule has 0 unspecified atom stereocenters. The van der Waals surface area contributed by atoms with Crippen molar-refractivity contribution in [2.45, 2.75) is 0 Å². The molecule has 0 aliphatic rings. The Kier molecular flexibility index (Phi) is 4.06. The number of halogens is 1. The summed E-state index contributed by atoms with van der Waals surface area (Å²) in [5.74, 6) is 0.855. The Hall–Kier alpha value is -3.25. The predicted molar refractivity (Wildman–Crippen MR) is 132 cm³/mol. The fourth-order valence-electron chi connectivity index (χ4n) is 4.18. The van der Waals surface area contributed by atoms with Crippen LogP contribution in [0, 0.1) is 3.57 Å².